The van der Waals surface area contributed by atoms with Gasteiger partial charge in [0.05, 0.1) is 6.61 Å². The van der Waals surface area contributed by atoms with Crippen LogP contribution in [-0.4, -0.2) is 28.1 Å². The third kappa shape index (κ3) is 2.04. The van der Waals surface area contributed by atoms with Crippen LogP contribution in [-0.2, 0) is 11.3 Å². The Morgan fingerprint density at radius 2 is 2.69 bits per heavy atom. The highest BCUT2D eigenvalue weighted by atomic mass is 32.2. The van der Waals surface area contributed by atoms with Crippen LogP contribution in [0.1, 0.15) is 17.6 Å². The maximum absolute atomic E-state index is 5.57. The molecule has 0 saturated carbocycles. The van der Waals surface area contributed by atoms with Gasteiger partial charge < -0.3 is 15.5 Å². The second-order valence-electron chi connectivity index (χ2n) is 2.93. The number of hydrogen-bond acceptors (Lipinski definition) is 4. The van der Waals surface area contributed by atoms with Gasteiger partial charge in [-0.1, -0.05) is 0 Å². The van der Waals surface area contributed by atoms with Gasteiger partial charge in [0.1, 0.15) is 11.9 Å². The highest BCUT2D eigenvalue weighted by molar-refractivity contribution is 7.99. The van der Waals surface area contributed by atoms with Crippen LogP contribution in [0.3, 0.4) is 0 Å². The quantitative estimate of drug-likeness (QED) is 0.735. The third-order valence-corrected chi connectivity index (χ3v) is 2.98. The second kappa shape index (κ2) is 4.13. The lowest BCUT2D eigenvalue weighted by Gasteiger charge is -2.20. The summed E-state index contributed by atoms with van der Waals surface area (Å²) in [5.74, 6) is 2.98. The molecule has 5 heteroatoms. The number of aromatic nitrogens is 2. The van der Waals surface area contributed by atoms with Gasteiger partial charge >= 0.3 is 0 Å². The highest BCUT2D eigenvalue weighted by Gasteiger charge is 2.18. The zero-order valence-corrected chi connectivity index (χ0v) is 8.14. The fraction of sp³-hybridized carbons (Fsp3) is 0.625. The minimum absolute atomic E-state index is 0.124. The van der Waals surface area contributed by atoms with Gasteiger partial charge in [0.25, 0.3) is 0 Å². The number of nitrogens with one attached hydrogen (secondary N) is 1. The number of nitrogens with zero attached hydrogens (tertiary/aromatic N) is 1. The number of imidazole rings is 1. The molecule has 1 aliphatic rings. The van der Waals surface area contributed by atoms with Crippen LogP contribution in [0.5, 0.6) is 0 Å². The molecule has 0 spiro atoms. The lowest BCUT2D eigenvalue weighted by Crippen LogP contribution is -2.16. The van der Waals surface area contributed by atoms with Crippen molar-refractivity contribution in [2.24, 2.45) is 5.73 Å². The molecule has 0 bridgehead atoms. The van der Waals surface area contributed by atoms with Crippen molar-refractivity contribution < 1.29 is 4.74 Å². The Labute approximate surface area is 81.3 Å². The molecule has 0 aromatic carbocycles. The number of nitrogens with two attached hydrogens (primary N) is 1. The molecule has 1 unspecified atom stereocenters. The van der Waals surface area contributed by atoms with E-state index in [1.165, 1.54) is 0 Å². The molecule has 2 rings (SSSR count). The summed E-state index contributed by atoms with van der Waals surface area (Å²) in [6.45, 7) is 1.32. The number of H-pyrrole nitrogens is 1. The first kappa shape index (κ1) is 9.05. The van der Waals surface area contributed by atoms with Gasteiger partial charge in [-0.25, -0.2) is 4.98 Å². The molecule has 1 fully saturated rings. The van der Waals surface area contributed by atoms with Crippen molar-refractivity contribution in [3.8, 4) is 0 Å². The normalized spacial score (nSPS) is 23.3. The summed E-state index contributed by atoms with van der Waals surface area (Å²) in [5, 5.41) is 0. The maximum Gasteiger partial charge on any atom is 0.136 e. The molecule has 13 heavy (non-hydrogen) atoms. The molecule has 1 aliphatic heterocycles. The zero-order chi connectivity index (χ0) is 9.10. The van der Waals surface area contributed by atoms with Crippen molar-refractivity contribution in [3.63, 3.8) is 0 Å². The molecule has 0 aliphatic carbocycles. The molecule has 0 amide bonds. The Balaban J connectivity index is 2.05. The summed E-state index contributed by atoms with van der Waals surface area (Å²) < 4.78 is 5.57. The SMILES string of the molecule is NCc1cnc(C2CSCCO2)[nH]1. The molecule has 1 saturated heterocycles. The second-order valence-corrected chi connectivity index (χ2v) is 4.08. The van der Waals surface area contributed by atoms with Crippen molar-refractivity contribution >= 4 is 11.8 Å². The van der Waals surface area contributed by atoms with E-state index < -0.39 is 0 Å². The molecular weight excluding hydrogens is 186 g/mol. The van der Waals surface area contributed by atoms with E-state index >= 15 is 0 Å². The predicted molar refractivity (Wildman–Crippen MR) is 52.5 cm³/mol. The van der Waals surface area contributed by atoms with Crippen molar-refractivity contribution in [2.75, 3.05) is 18.1 Å². The molecule has 1 aromatic rings. The zero-order valence-electron chi connectivity index (χ0n) is 7.32. The highest BCUT2D eigenvalue weighted by Crippen LogP contribution is 2.24. The summed E-state index contributed by atoms with van der Waals surface area (Å²) in [6, 6.07) is 0. The monoisotopic (exact) mass is 199 g/mol. The van der Waals surface area contributed by atoms with Crippen LogP contribution in [0.4, 0.5) is 0 Å². The van der Waals surface area contributed by atoms with Gasteiger partial charge in [0.15, 0.2) is 0 Å². The average Bonchev–Trinajstić information content (AvgIpc) is 2.67. The summed E-state index contributed by atoms with van der Waals surface area (Å²) in [6.07, 6.45) is 1.90. The van der Waals surface area contributed by atoms with E-state index in [0.717, 1.165) is 29.6 Å². The summed E-state index contributed by atoms with van der Waals surface area (Å²) in [7, 11) is 0. The lowest BCUT2D eigenvalue weighted by atomic mass is 10.4. The Morgan fingerprint density at radius 3 is 3.31 bits per heavy atom. The number of rotatable bonds is 2. The van der Waals surface area contributed by atoms with E-state index in [0.29, 0.717) is 6.54 Å². The van der Waals surface area contributed by atoms with Gasteiger partial charge in [0, 0.05) is 29.9 Å². The van der Waals surface area contributed by atoms with Crippen LogP contribution in [0.2, 0.25) is 0 Å². The van der Waals surface area contributed by atoms with E-state index in [-0.39, 0.29) is 6.10 Å². The Kier molecular flexibility index (Phi) is 2.87. The number of aromatic amines is 1. The molecule has 4 nitrogen and oxygen atoms in total. The number of thioether (sulfide) groups is 1. The largest absolute Gasteiger partial charge is 0.369 e. The predicted octanol–water partition coefficient (Wildman–Crippen LogP) is 0.673. The molecule has 0 radical (unpaired) electrons. The van der Waals surface area contributed by atoms with Gasteiger partial charge in [-0.05, 0) is 0 Å². The summed E-state index contributed by atoms with van der Waals surface area (Å²) in [4.78, 5) is 7.39. The lowest BCUT2D eigenvalue weighted by molar-refractivity contribution is 0.0700. The third-order valence-electron chi connectivity index (χ3n) is 1.99. The van der Waals surface area contributed by atoms with Gasteiger partial charge in [-0.2, -0.15) is 11.8 Å². The fourth-order valence-corrected chi connectivity index (χ4v) is 2.14. The standard InChI is InChI=1S/C8H13N3OS/c9-3-6-4-10-8(11-6)7-5-13-2-1-12-7/h4,7H,1-3,5,9H2,(H,10,11). The van der Waals surface area contributed by atoms with E-state index in [4.69, 9.17) is 10.5 Å². The van der Waals surface area contributed by atoms with Crippen LogP contribution in [0.15, 0.2) is 6.20 Å². The van der Waals surface area contributed by atoms with E-state index in [1.54, 1.807) is 6.20 Å². The van der Waals surface area contributed by atoms with Gasteiger partial charge in [-0.3, -0.25) is 0 Å². The smallest absolute Gasteiger partial charge is 0.136 e. The Morgan fingerprint density at radius 1 is 1.77 bits per heavy atom. The summed E-state index contributed by atoms with van der Waals surface area (Å²) in [5.41, 5.74) is 6.44. The molecule has 3 N–H and O–H groups in total. The molecule has 1 aromatic heterocycles. The van der Waals surface area contributed by atoms with Crippen molar-refractivity contribution in [2.45, 2.75) is 12.6 Å². The number of hydrogen-bond donors (Lipinski definition) is 2. The topological polar surface area (TPSA) is 63.9 Å². The van der Waals surface area contributed by atoms with Crippen LogP contribution >= 0.6 is 11.8 Å². The molecule has 1 atom stereocenters. The van der Waals surface area contributed by atoms with Crippen molar-refractivity contribution in [1.29, 1.82) is 0 Å². The Bertz CT molecular complexity index is 270. The minimum Gasteiger partial charge on any atom is -0.369 e. The average molecular weight is 199 g/mol. The molecule has 72 valence electrons. The Hall–Kier alpha value is -0.520. The fourth-order valence-electron chi connectivity index (χ4n) is 1.29. The van der Waals surface area contributed by atoms with E-state index in [1.807, 2.05) is 11.8 Å². The maximum atomic E-state index is 5.57. The van der Waals surface area contributed by atoms with Gasteiger partial charge in [-0.15, -0.1) is 0 Å². The first-order chi connectivity index (χ1) is 6.40. The molecule has 2 heterocycles. The first-order valence-corrected chi connectivity index (χ1v) is 5.49. The van der Waals surface area contributed by atoms with Crippen LogP contribution in [0, 0.1) is 0 Å². The van der Waals surface area contributed by atoms with E-state index in [2.05, 4.69) is 9.97 Å². The van der Waals surface area contributed by atoms with Crippen molar-refractivity contribution in [1.82, 2.24) is 9.97 Å². The van der Waals surface area contributed by atoms with E-state index in [9.17, 15) is 0 Å². The minimum atomic E-state index is 0.124. The van der Waals surface area contributed by atoms with Crippen molar-refractivity contribution in [3.05, 3.63) is 17.7 Å². The van der Waals surface area contributed by atoms with Crippen LogP contribution < -0.4 is 5.73 Å². The van der Waals surface area contributed by atoms with Gasteiger partial charge in [0.2, 0.25) is 0 Å². The van der Waals surface area contributed by atoms with Crippen LogP contribution in [0.25, 0.3) is 0 Å². The number of ether oxygens (including phenoxy) is 1. The molecular formula is C8H13N3OS. The first-order valence-electron chi connectivity index (χ1n) is 4.33. The summed E-state index contributed by atoms with van der Waals surface area (Å²) >= 11 is 1.90.